The van der Waals surface area contributed by atoms with Crippen LogP contribution in [-0.4, -0.2) is 23.2 Å². The van der Waals surface area contributed by atoms with Crippen molar-refractivity contribution in [3.8, 4) is 0 Å². The smallest absolute Gasteiger partial charge is 0.0798 e. The van der Waals surface area contributed by atoms with Gasteiger partial charge in [-0.15, -0.1) is 11.3 Å². The minimum atomic E-state index is 0.198. The zero-order valence-electron chi connectivity index (χ0n) is 6.08. The molecular formula is C7H10N2OS. The predicted octanol–water partition coefficient (Wildman–Crippen LogP) is 0.322. The number of nitrogens with one attached hydrogen (secondary N) is 1. The maximum atomic E-state index is 8.98. The van der Waals surface area contributed by atoms with Crippen molar-refractivity contribution in [2.75, 3.05) is 13.2 Å². The second-order valence-electron chi connectivity index (χ2n) is 2.67. The van der Waals surface area contributed by atoms with Crippen molar-refractivity contribution < 1.29 is 5.11 Å². The van der Waals surface area contributed by atoms with Gasteiger partial charge in [-0.3, -0.25) is 0 Å². The van der Waals surface area contributed by atoms with Crippen molar-refractivity contribution in [3.05, 3.63) is 16.1 Å². The highest BCUT2D eigenvalue weighted by Gasteiger charge is 2.21. The molecule has 1 aliphatic rings. The van der Waals surface area contributed by atoms with Crippen LogP contribution in [0.3, 0.4) is 0 Å². The Balaban J connectivity index is 2.32. The number of fused-ring (bicyclic) bond motifs is 1. The van der Waals surface area contributed by atoms with E-state index in [1.54, 1.807) is 11.3 Å². The van der Waals surface area contributed by atoms with Crippen LogP contribution in [0.1, 0.15) is 16.5 Å². The number of aliphatic hydroxyl groups is 1. The van der Waals surface area contributed by atoms with Gasteiger partial charge >= 0.3 is 0 Å². The monoisotopic (exact) mass is 170 g/mol. The van der Waals surface area contributed by atoms with E-state index in [9.17, 15) is 0 Å². The third-order valence-corrected chi connectivity index (χ3v) is 2.80. The van der Waals surface area contributed by atoms with Gasteiger partial charge in [0, 0.05) is 23.9 Å². The van der Waals surface area contributed by atoms with Crippen LogP contribution in [-0.2, 0) is 6.54 Å². The Hall–Kier alpha value is -0.450. The molecule has 0 saturated heterocycles. The Kier molecular flexibility index (Phi) is 1.89. The lowest BCUT2D eigenvalue weighted by atomic mass is 10.0. The van der Waals surface area contributed by atoms with Gasteiger partial charge in [-0.25, -0.2) is 4.98 Å². The van der Waals surface area contributed by atoms with E-state index in [0.717, 1.165) is 18.8 Å². The average Bonchev–Trinajstić information content (AvgIpc) is 2.50. The molecule has 0 amide bonds. The first kappa shape index (κ1) is 7.21. The van der Waals surface area contributed by atoms with Gasteiger partial charge in [-0.2, -0.15) is 0 Å². The molecule has 2 N–H and O–H groups in total. The van der Waals surface area contributed by atoms with Crippen LogP contribution in [0.2, 0.25) is 0 Å². The lowest BCUT2D eigenvalue weighted by Crippen LogP contribution is -2.29. The van der Waals surface area contributed by atoms with Crippen molar-refractivity contribution in [2.45, 2.75) is 12.5 Å². The van der Waals surface area contributed by atoms with Gasteiger partial charge in [0.2, 0.25) is 0 Å². The van der Waals surface area contributed by atoms with Crippen LogP contribution in [0, 0.1) is 0 Å². The fourth-order valence-corrected chi connectivity index (χ4v) is 2.17. The third kappa shape index (κ3) is 1.17. The maximum absolute atomic E-state index is 8.98. The van der Waals surface area contributed by atoms with Crippen molar-refractivity contribution in [1.29, 1.82) is 0 Å². The standard InChI is InChI=1S/C7H10N2OS/c10-3-5-1-8-2-6-7(5)9-4-11-6/h4-5,8,10H,1-3H2. The van der Waals surface area contributed by atoms with Gasteiger partial charge in [0.05, 0.1) is 17.8 Å². The van der Waals surface area contributed by atoms with Crippen LogP contribution < -0.4 is 5.32 Å². The molecule has 1 unspecified atom stereocenters. The third-order valence-electron chi connectivity index (χ3n) is 1.96. The van der Waals surface area contributed by atoms with Gasteiger partial charge in [0.25, 0.3) is 0 Å². The van der Waals surface area contributed by atoms with Crippen molar-refractivity contribution >= 4 is 11.3 Å². The molecule has 4 heteroatoms. The molecule has 60 valence electrons. The Morgan fingerprint density at radius 1 is 1.82 bits per heavy atom. The molecule has 0 fully saturated rings. The van der Waals surface area contributed by atoms with Crippen molar-refractivity contribution in [1.82, 2.24) is 10.3 Å². The number of hydrogen-bond acceptors (Lipinski definition) is 4. The minimum Gasteiger partial charge on any atom is -0.396 e. The summed E-state index contributed by atoms with van der Waals surface area (Å²) >= 11 is 1.66. The van der Waals surface area contributed by atoms with E-state index >= 15 is 0 Å². The van der Waals surface area contributed by atoms with E-state index in [-0.39, 0.29) is 12.5 Å². The second-order valence-corrected chi connectivity index (χ2v) is 3.61. The van der Waals surface area contributed by atoms with Crippen LogP contribution in [0.5, 0.6) is 0 Å². The van der Waals surface area contributed by atoms with Crippen LogP contribution in [0.25, 0.3) is 0 Å². The second kappa shape index (κ2) is 2.89. The fraction of sp³-hybridized carbons (Fsp3) is 0.571. The van der Waals surface area contributed by atoms with E-state index in [1.807, 2.05) is 5.51 Å². The zero-order chi connectivity index (χ0) is 7.68. The normalized spacial score (nSPS) is 23.2. The van der Waals surface area contributed by atoms with E-state index in [4.69, 9.17) is 5.11 Å². The Labute approximate surface area is 69.1 Å². The molecule has 0 radical (unpaired) electrons. The molecule has 1 aromatic rings. The molecule has 2 rings (SSSR count). The van der Waals surface area contributed by atoms with E-state index < -0.39 is 0 Å². The highest BCUT2D eigenvalue weighted by molar-refractivity contribution is 7.09. The van der Waals surface area contributed by atoms with Crippen molar-refractivity contribution in [2.24, 2.45) is 0 Å². The number of aromatic nitrogens is 1. The van der Waals surface area contributed by atoms with E-state index in [1.165, 1.54) is 4.88 Å². The summed E-state index contributed by atoms with van der Waals surface area (Å²) in [6.07, 6.45) is 0. The molecule has 0 bridgehead atoms. The summed E-state index contributed by atoms with van der Waals surface area (Å²) in [4.78, 5) is 5.50. The maximum Gasteiger partial charge on any atom is 0.0798 e. The van der Waals surface area contributed by atoms with E-state index in [2.05, 4.69) is 10.3 Å². The first-order chi connectivity index (χ1) is 5.42. The summed E-state index contributed by atoms with van der Waals surface area (Å²) in [5, 5.41) is 12.2. The molecule has 2 heterocycles. The largest absolute Gasteiger partial charge is 0.396 e. The number of aliphatic hydroxyl groups excluding tert-OH is 1. The number of rotatable bonds is 1. The van der Waals surface area contributed by atoms with Crippen LogP contribution in [0.15, 0.2) is 5.51 Å². The predicted molar refractivity (Wildman–Crippen MR) is 43.6 cm³/mol. The molecule has 0 saturated carbocycles. The molecule has 11 heavy (non-hydrogen) atoms. The number of thiazole rings is 1. The minimum absolute atomic E-state index is 0.198. The summed E-state index contributed by atoms with van der Waals surface area (Å²) < 4.78 is 0. The molecule has 1 aliphatic heterocycles. The van der Waals surface area contributed by atoms with Crippen LogP contribution >= 0.6 is 11.3 Å². The highest BCUT2D eigenvalue weighted by atomic mass is 32.1. The van der Waals surface area contributed by atoms with Crippen molar-refractivity contribution in [3.63, 3.8) is 0 Å². The lowest BCUT2D eigenvalue weighted by Gasteiger charge is -2.19. The summed E-state index contributed by atoms with van der Waals surface area (Å²) in [7, 11) is 0. The van der Waals surface area contributed by atoms with Gasteiger partial charge in [0.15, 0.2) is 0 Å². The molecule has 1 aromatic heterocycles. The molecule has 0 aliphatic carbocycles. The zero-order valence-corrected chi connectivity index (χ0v) is 6.90. The summed E-state index contributed by atoms with van der Waals surface area (Å²) in [6.45, 7) is 1.97. The Morgan fingerprint density at radius 2 is 2.73 bits per heavy atom. The Morgan fingerprint density at radius 3 is 3.55 bits per heavy atom. The highest BCUT2D eigenvalue weighted by Crippen LogP contribution is 2.24. The van der Waals surface area contributed by atoms with Gasteiger partial charge in [0.1, 0.15) is 0 Å². The average molecular weight is 170 g/mol. The summed E-state index contributed by atoms with van der Waals surface area (Å²) in [6, 6.07) is 0. The van der Waals surface area contributed by atoms with E-state index in [0.29, 0.717) is 0 Å². The molecule has 1 atom stereocenters. The first-order valence-electron chi connectivity index (χ1n) is 3.65. The van der Waals surface area contributed by atoms with Gasteiger partial charge < -0.3 is 10.4 Å². The number of nitrogens with zero attached hydrogens (tertiary/aromatic N) is 1. The topological polar surface area (TPSA) is 45.1 Å². The molecule has 0 spiro atoms. The van der Waals surface area contributed by atoms with Crippen LogP contribution in [0.4, 0.5) is 0 Å². The number of hydrogen-bond donors (Lipinski definition) is 2. The Bertz CT molecular complexity index is 248. The molecule has 0 aromatic carbocycles. The van der Waals surface area contributed by atoms with Gasteiger partial charge in [-0.05, 0) is 0 Å². The quantitative estimate of drug-likeness (QED) is 0.638. The summed E-state index contributed by atoms with van der Waals surface area (Å²) in [5.41, 5.74) is 2.94. The lowest BCUT2D eigenvalue weighted by molar-refractivity contribution is 0.254. The van der Waals surface area contributed by atoms with Gasteiger partial charge in [-0.1, -0.05) is 0 Å². The molecular weight excluding hydrogens is 160 g/mol. The first-order valence-corrected chi connectivity index (χ1v) is 4.53. The molecule has 3 nitrogen and oxygen atoms in total. The summed E-state index contributed by atoms with van der Waals surface area (Å²) in [5.74, 6) is 0.213. The SMILES string of the molecule is OCC1CNCc2scnc21. The fourth-order valence-electron chi connectivity index (χ4n) is 1.35.